The summed E-state index contributed by atoms with van der Waals surface area (Å²) in [6.45, 7) is 22.2. The lowest BCUT2D eigenvalue weighted by atomic mass is 9.32. The zero-order chi connectivity index (χ0) is 38.8. The molecule has 5 aliphatic rings. The Kier molecular flexibility index (Phi) is 12.9. The SMILES string of the molecule is C=C(C)[C@@H]1CC[C@]2(C(=O)NCCCCCCCCCCCCCCC)CC[C@]3(C)[C@H](CC[C@@H]4[C@@]5(C)C/C(=C/c6ccco6)C(=O)C(C)(C)[C@@H]5CC[C@]43C)[C@@H]12. The summed E-state index contributed by atoms with van der Waals surface area (Å²) in [6, 6.07) is 3.89. The van der Waals surface area contributed by atoms with Gasteiger partial charge in [-0.05, 0) is 141 Å². The summed E-state index contributed by atoms with van der Waals surface area (Å²) in [5.74, 6) is 3.70. The molecule has 9 atom stereocenters. The molecule has 6 rings (SSSR count). The lowest BCUT2D eigenvalue weighted by molar-refractivity contribution is -0.229. The number of furan rings is 1. The van der Waals surface area contributed by atoms with Crippen LogP contribution in [0, 0.1) is 56.7 Å². The van der Waals surface area contributed by atoms with Crippen molar-refractivity contribution >= 4 is 17.8 Å². The number of rotatable bonds is 17. The number of allylic oxidation sites excluding steroid dienone is 2. The van der Waals surface area contributed by atoms with Crippen molar-refractivity contribution in [2.45, 2.75) is 190 Å². The minimum absolute atomic E-state index is 0.0417. The second-order valence-corrected chi connectivity index (χ2v) is 20.8. The normalized spacial score (nSPS) is 37.6. The fourth-order valence-corrected chi connectivity index (χ4v) is 14.6. The zero-order valence-corrected chi connectivity index (χ0v) is 35.9. The van der Waals surface area contributed by atoms with E-state index in [1.54, 1.807) is 6.26 Å². The molecular formula is C50H79NO3. The van der Waals surface area contributed by atoms with Crippen molar-refractivity contribution in [1.29, 1.82) is 0 Å². The van der Waals surface area contributed by atoms with Crippen LogP contribution in [0.25, 0.3) is 6.08 Å². The van der Waals surface area contributed by atoms with E-state index in [1.807, 2.05) is 18.2 Å². The molecule has 0 aliphatic heterocycles. The highest BCUT2D eigenvalue weighted by atomic mass is 16.3. The Labute approximate surface area is 330 Å². The average Bonchev–Trinajstić information content (AvgIpc) is 3.80. The number of hydrogen-bond acceptors (Lipinski definition) is 3. The summed E-state index contributed by atoms with van der Waals surface area (Å²) in [5.41, 5.74) is 1.94. The zero-order valence-electron chi connectivity index (χ0n) is 35.9. The molecule has 0 unspecified atom stereocenters. The van der Waals surface area contributed by atoms with Crippen LogP contribution in [-0.4, -0.2) is 18.2 Å². The monoisotopic (exact) mass is 742 g/mol. The molecule has 0 spiro atoms. The van der Waals surface area contributed by atoms with Crippen molar-refractivity contribution in [1.82, 2.24) is 5.32 Å². The molecule has 5 saturated carbocycles. The van der Waals surface area contributed by atoms with Crippen LogP contribution in [0.1, 0.15) is 195 Å². The van der Waals surface area contributed by atoms with Crippen LogP contribution in [0.4, 0.5) is 0 Å². The second kappa shape index (κ2) is 16.8. The molecule has 4 heteroatoms. The number of carbonyl (C=O) groups excluding carboxylic acids is 2. The van der Waals surface area contributed by atoms with Gasteiger partial charge in [0.1, 0.15) is 5.76 Å². The summed E-state index contributed by atoms with van der Waals surface area (Å²) in [7, 11) is 0. The molecule has 54 heavy (non-hydrogen) atoms. The Bertz CT molecular complexity index is 1490. The number of nitrogens with one attached hydrogen (secondary N) is 1. The Morgan fingerprint density at radius 1 is 0.815 bits per heavy atom. The number of carbonyl (C=O) groups is 2. The molecule has 5 aliphatic carbocycles. The lowest BCUT2D eigenvalue weighted by Gasteiger charge is -2.72. The third kappa shape index (κ3) is 7.41. The van der Waals surface area contributed by atoms with Gasteiger partial charge < -0.3 is 9.73 Å². The predicted molar refractivity (Wildman–Crippen MR) is 225 cm³/mol. The number of fused-ring (bicyclic) bond motifs is 7. The van der Waals surface area contributed by atoms with E-state index in [4.69, 9.17) is 4.42 Å². The number of unbranched alkanes of at least 4 members (excludes halogenated alkanes) is 12. The molecule has 1 aromatic rings. The van der Waals surface area contributed by atoms with Crippen LogP contribution < -0.4 is 5.32 Å². The van der Waals surface area contributed by atoms with Crippen molar-refractivity contribution in [3.63, 3.8) is 0 Å². The van der Waals surface area contributed by atoms with Crippen LogP contribution in [0.5, 0.6) is 0 Å². The summed E-state index contributed by atoms with van der Waals surface area (Å²) < 4.78 is 5.74. The highest BCUT2D eigenvalue weighted by Crippen LogP contribution is 2.77. The number of amides is 1. The van der Waals surface area contributed by atoms with Crippen molar-refractivity contribution in [3.8, 4) is 0 Å². The molecule has 1 aromatic heterocycles. The van der Waals surface area contributed by atoms with Crippen LogP contribution in [0.15, 0.2) is 40.5 Å². The van der Waals surface area contributed by atoms with Gasteiger partial charge in [0.15, 0.2) is 5.78 Å². The molecule has 1 heterocycles. The average molecular weight is 742 g/mol. The van der Waals surface area contributed by atoms with Crippen molar-refractivity contribution < 1.29 is 14.0 Å². The van der Waals surface area contributed by atoms with Gasteiger partial charge >= 0.3 is 0 Å². The first-order valence-electron chi connectivity index (χ1n) is 23.0. The van der Waals surface area contributed by atoms with Gasteiger partial charge in [0.05, 0.1) is 11.7 Å². The highest BCUT2D eigenvalue weighted by Gasteiger charge is 2.72. The van der Waals surface area contributed by atoms with Gasteiger partial charge in [-0.25, -0.2) is 0 Å². The standard InChI is InChI=1S/C50H79NO3/c1-9-10-11-12-13-14-15-16-17-18-19-20-21-32-51-45(53)50-29-26-39(36(2)3)43(50)40-24-25-42-47(6)35-37(34-38-23-22-33-54-38)44(52)46(4,5)41(47)27-28-49(42,8)48(40,7)30-31-50/h22-23,33-34,39-43H,2,9-21,24-32,35H2,1,3-8H3,(H,51,53)/b37-34-/t39-,40+,41-,42+,43+,47-,48+,49+,50-/m0/s1. The van der Waals surface area contributed by atoms with Crippen LogP contribution in [-0.2, 0) is 9.59 Å². The van der Waals surface area contributed by atoms with E-state index in [2.05, 4.69) is 60.4 Å². The predicted octanol–water partition coefficient (Wildman–Crippen LogP) is 13.7. The number of hydrogen-bond donors (Lipinski definition) is 1. The van der Waals surface area contributed by atoms with Crippen molar-refractivity contribution in [2.24, 2.45) is 56.7 Å². The first-order valence-corrected chi connectivity index (χ1v) is 23.0. The molecular weight excluding hydrogens is 663 g/mol. The fourth-order valence-electron chi connectivity index (χ4n) is 14.6. The van der Waals surface area contributed by atoms with E-state index in [0.29, 0.717) is 41.3 Å². The molecule has 5 fully saturated rings. The van der Waals surface area contributed by atoms with Gasteiger partial charge in [0.2, 0.25) is 5.91 Å². The summed E-state index contributed by atoms with van der Waals surface area (Å²) in [6.07, 6.45) is 31.1. The molecule has 0 bridgehead atoms. The topological polar surface area (TPSA) is 59.3 Å². The van der Waals surface area contributed by atoms with Gasteiger partial charge in [-0.2, -0.15) is 0 Å². The Balaban J connectivity index is 1.11. The van der Waals surface area contributed by atoms with Gasteiger partial charge in [0, 0.05) is 12.0 Å². The van der Waals surface area contributed by atoms with Gasteiger partial charge in [0.25, 0.3) is 0 Å². The summed E-state index contributed by atoms with van der Waals surface area (Å²) in [4.78, 5) is 28.6. The molecule has 1 N–H and O–H groups in total. The molecule has 0 saturated heterocycles. The smallest absolute Gasteiger partial charge is 0.226 e. The number of Topliss-reactive ketones (excluding diaryl/α,β-unsaturated/α-hetero) is 1. The van der Waals surface area contributed by atoms with Crippen LogP contribution >= 0.6 is 0 Å². The third-order valence-electron chi connectivity index (χ3n) is 17.5. The Hall–Kier alpha value is -2.10. The van der Waals surface area contributed by atoms with E-state index >= 15 is 0 Å². The van der Waals surface area contributed by atoms with Gasteiger partial charge in [-0.1, -0.05) is 131 Å². The largest absolute Gasteiger partial charge is 0.465 e. The third-order valence-corrected chi connectivity index (χ3v) is 17.5. The van der Waals surface area contributed by atoms with Gasteiger partial charge in [-0.15, -0.1) is 0 Å². The van der Waals surface area contributed by atoms with E-state index < -0.39 is 5.41 Å². The van der Waals surface area contributed by atoms with Crippen molar-refractivity contribution in [2.75, 3.05) is 6.54 Å². The molecule has 4 nitrogen and oxygen atoms in total. The van der Waals surface area contributed by atoms with E-state index in [-0.39, 0.29) is 21.7 Å². The maximum Gasteiger partial charge on any atom is 0.226 e. The Morgan fingerprint density at radius 2 is 1.46 bits per heavy atom. The van der Waals surface area contributed by atoms with E-state index in [9.17, 15) is 9.59 Å². The first-order chi connectivity index (χ1) is 25.8. The maximum absolute atomic E-state index is 14.6. The van der Waals surface area contributed by atoms with E-state index in [1.165, 1.54) is 102 Å². The minimum atomic E-state index is -0.395. The first kappa shape index (κ1) is 41.5. The quantitative estimate of drug-likeness (QED) is 0.0982. The maximum atomic E-state index is 14.6. The second-order valence-electron chi connectivity index (χ2n) is 20.8. The molecule has 302 valence electrons. The minimum Gasteiger partial charge on any atom is -0.465 e. The fraction of sp³-hybridized carbons (Fsp3) is 0.800. The van der Waals surface area contributed by atoms with Crippen LogP contribution in [0.2, 0.25) is 0 Å². The van der Waals surface area contributed by atoms with Gasteiger partial charge in [-0.3, -0.25) is 9.59 Å². The number of ketones is 1. The molecule has 1 amide bonds. The van der Waals surface area contributed by atoms with Crippen LogP contribution in [0.3, 0.4) is 0 Å². The highest BCUT2D eigenvalue weighted by molar-refractivity contribution is 6.04. The Morgan fingerprint density at radius 3 is 2.07 bits per heavy atom. The summed E-state index contributed by atoms with van der Waals surface area (Å²) in [5, 5.41) is 3.55. The lowest BCUT2D eigenvalue weighted by Crippen LogP contribution is -2.67. The van der Waals surface area contributed by atoms with E-state index in [0.717, 1.165) is 62.8 Å². The summed E-state index contributed by atoms with van der Waals surface area (Å²) >= 11 is 0. The van der Waals surface area contributed by atoms with Crippen molar-refractivity contribution in [3.05, 3.63) is 41.9 Å². The molecule has 0 aromatic carbocycles. The molecule has 0 radical (unpaired) electrons.